The molecule has 0 radical (unpaired) electrons. The van der Waals surface area contributed by atoms with Gasteiger partial charge in [0.1, 0.15) is 6.04 Å². The minimum Gasteiger partial charge on any atom is -0.480 e. The Kier molecular flexibility index (Phi) is 4.48. The van der Waals surface area contributed by atoms with Crippen LogP contribution in [0.4, 0.5) is 0 Å². The highest BCUT2D eigenvalue weighted by Gasteiger charge is 2.58. The Morgan fingerprint density at radius 3 is 2.30 bits per heavy atom. The van der Waals surface area contributed by atoms with Gasteiger partial charge in [-0.1, -0.05) is 6.42 Å². The van der Waals surface area contributed by atoms with Crippen LogP contribution < -0.4 is 5.73 Å². The lowest BCUT2D eigenvalue weighted by atomic mass is 9.44. The van der Waals surface area contributed by atoms with Crippen LogP contribution in [0.1, 0.15) is 51.4 Å². The molecular weight excluding hydrogens is 318 g/mol. The second-order valence-electron chi connectivity index (χ2n) is 8.09. The summed E-state index contributed by atoms with van der Waals surface area (Å²) >= 11 is 0. The predicted molar refractivity (Wildman–Crippen MR) is 85.4 cm³/mol. The number of unbranched alkanes of at least 4 members (excludes halogenated alkanes) is 1. The summed E-state index contributed by atoms with van der Waals surface area (Å²) < 4.78 is 30.4. The van der Waals surface area contributed by atoms with Gasteiger partial charge in [0.15, 0.2) is 0 Å². The Balaban J connectivity index is 1.62. The van der Waals surface area contributed by atoms with E-state index in [0.717, 1.165) is 32.1 Å². The minimum absolute atomic E-state index is 0.161. The van der Waals surface area contributed by atoms with Crippen LogP contribution >= 0.6 is 0 Å². The molecule has 0 saturated heterocycles. The first-order valence-electron chi connectivity index (χ1n) is 8.64. The predicted octanol–water partition coefficient (Wildman–Crippen LogP) is 1.90. The maximum Gasteiger partial charge on any atom is 0.321 e. The van der Waals surface area contributed by atoms with Crippen molar-refractivity contribution in [2.24, 2.45) is 34.8 Å². The average Bonchev–Trinajstić information content (AvgIpc) is 2.43. The van der Waals surface area contributed by atoms with E-state index in [0.29, 0.717) is 30.1 Å². The Hall–Kier alpha value is -0.660. The van der Waals surface area contributed by atoms with E-state index >= 15 is 0 Å². The SMILES string of the molecule is N[C@H](C(=O)O)C12CC3CC(C1)C(CCCCS(=O)(=O)O)C(C3)C2. The molecule has 4 N–H and O–H groups in total. The third-order valence-electron chi connectivity index (χ3n) is 6.63. The van der Waals surface area contributed by atoms with Crippen LogP contribution in [0, 0.1) is 29.1 Å². The zero-order chi connectivity index (χ0) is 16.8. The van der Waals surface area contributed by atoms with E-state index in [4.69, 9.17) is 10.3 Å². The fraction of sp³-hybridized carbons (Fsp3) is 0.938. The molecule has 4 fully saturated rings. The number of carboxylic acid groups (broad SMARTS) is 1. The lowest BCUT2D eigenvalue weighted by Gasteiger charge is -2.61. The van der Waals surface area contributed by atoms with Crippen LogP contribution in [-0.4, -0.2) is 35.8 Å². The highest BCUT2D eigenvalue weighted by molar-refractivity contribution is 7.85. The Labute approximate surface area is 137 Å². The van der Waals surface area contributed by atoms with Crippen molar-refractivity contribution in [3.05, 3.63) is 0 Å². The van der Waals surface area contributed by atoms with Gasteiger partial charge in [-0.15, -0.1) is 0 Å². The number of hydrogen-bond acceptors (Lipinski definition) is 4. The summed E-state index contributed by atoms with van der Waals surface area (Å²) in [6, 6.07) is -0.754. The molecule has 0 aromatic carbocycles. The summed E-state index contributed by atoms with van der Waals surface area (Å²) in [5.74, 6) is 1.23. The van der Waals surface area contributed by atoms with E-state index in [2.05, 4.69) is 0 Å². The number of rotatable bonds is 7. The van der Waals surface area contributed by atoms with Gasteiger partial charge >= 0.3 is 5.97 Å². The molecule has 4 rings (SSSR count). The molecule has 6 nitrogen and oxygen atoms in total. The number of aliphatic carboxylic acids is 1. The molecule has 23 heavy (non-hydrogen) atoms. The first-order valence-corrected chi connectivity index (χ1v) is 10.2. The fourth-order valence-electron chi connectivity index (χ4n) is 5.97. The highest BCUT2D eigenvalue weighted by atomic mass is 32.2. The maximum atomic E-state index is 11.4. The molecule has 7 heteroatoms. The Morgan fingerprint density at radius 1 is 1.17 bits per heavy atom. The van der Waals surface area contributed by atoms with Gasteiger partial charge in [0.05, 0.1) is 5.75 Å². The van der Waals surface area contributed by atoms with Crippen molar-refractivity contribution < 1.29 is 22.9 Å². The largest absolute Gasteiger partial charge is 0.480 e. The van der Waals surface area contributed by atoms with Crippen LogP contribution in [0.25, 0.3) is 0 Å². The smallest absolute Gasteiger partial charge is 0.321 e. The van der Waals surface area contributed by atoms with E-state index < -0.39 is 22.1 Å². The molecule has 0 aromatic heterocycles. The Morgan fingerprint density at radius 2 is 1.78 bits per heavy atom. The third kappa shape index (κ3) is 3.42. The van der Waals surface area contributed by atoms with Crippen LogP contribution in [0.3, 0.4) is 0 Å². The van der Waals surface area contributed by atoms with Crippen molar-refractivity contribution in [3.8, 4) is 0 Å². The second-order valence-corrected chi connectivity index (χ2v) is 9.67. The average molecular weight is 345 g/mol. The molecule has 4 bridgehead atoms. The molecule has 3 atom stereocenters. The van der Waals surface area contributed by atoms with Gasteiger partial charge < -0.3 is 10.8 Å². The molecule has 4 aliphatic rings. The first kappa shape index (κ1) is 17.2. The monoisotopic (exact) mass is 345 g/mol. The van der Waals surface area contributed by atoms with Crippen molar-refractivity contribution in [1.29, 1.82) is 0 Å². The minimum atomic E-state index is -3.86. The first-order chi connectivity index (χ1) is 10.7. The second kappa shape index (κ2) is 6.01. The van der Waals surface area contributed by atoms with Crippen molar-refractivity contribution in [2.75, 3.05) is 5.75 Å². The molecule has 0 heterocycles. The van der Waals surface area contributed by atoms with Crippen molar-refractivity contribution in [1.82, 2.24) is 0 Å². The topological polar surface area (TPSA) is 118 Å². The van der Waals surface area contributed by atoms with Crippen LogP contribution in [-0.2, 0) is 14.9 Å². The van der Waals surface area contributed by atoms with Gasteiger partial charge in [-0.3, -0.25) is 9.35 Å². The zero-order valence-electron chi connectivity index (χ0n) is 13.4. The third-order valence-corrected chi connectivity index (χ3v) is 7.44. The van der Waals surface area contributed by atoms with E-state index in [9.17, 15) is 18.3 Å². The molecule has 2 unspecified atom stereocenters. The highest BCUT2D eigenvalue weighted by Crippen LogP contribution is 2.63. The fourth-order valence-corrected chi connectivity index (χ4v) is 6.54. The van der Waals surface area contributed by atoms with Gasteiger partial charge in [0.25, 0.3) is 10.1 Å². The molecule has 0 aromatic rings. The molecule has 4 aliphatic carbocycles. The number of carboxylic acids is 1. The summed E-state index contributed by atoms with van der Waals surface area (Å²) in [6.07, 6.45) is 7.42. The van der Waals surface area contributed by atoms with Gasteiger partial charge in [0, 0.05) is 0 Å². The lowest BCUT2D eigenvalue weighted by molar-refractivity contribution is -0.154. The van der Waals surface area contributed by atoms with E-state index in [1.807, 2.05) is 0 Å². The van der Waals surface area contributed by atoms with Gasteiger partial charge in [-0.25, -0.2) is 0 Å². The normalized spacial score (nSPS) is 40.3. The maximum absolute atomic E-state index is 11.4. The standard InChI is InChI=1S/C16H27NO5S/c17-14(15(18)19)16-7-10-5-11(8-16)13(12(6-10)9-16)3-1-2-4-23(20,21)22/h10-14H,1-9,17H2,(H,18,19)(H,20,21,22)/t10?,11?,12?,13?,14-,16?/m1/s1. The van der Waals surface area contributed by atoms with Crippen LogP contribution in [0.2, 0.25) is 0 Å². The molecule has 0 aliphatic heterocycles. The van der Waals surface area contributed by atoms with Crippen molar-refractivity contribution >= 4 is 16.1 Å². The number of nitrogens with two attached hydrogens (primary N) is 1. The summed E-state index contributed by atoms with van der Waals surface area (Å²) in [4.78, 5) is 11.4. The van der Waals surface area contributed by atoms with Gasteiger partial charge in [-0.05, 0) is 74.0 Å². The lowest BCUT2D eigenvalue weighted by Crippen LogP contribution is -2.59. The van der Waals surface area contributed by atoms with Gasteiger partial charge in [0.2, 0.25) is 0 Å². The quantitative estimate of drug-likeness (QED) is 0.479. The molecule has 0 amide bonds. The van der Waals surface area contributed by atoms with E-state index in [1.165, 1.54) is 12.8 Å². The molecule has 132 valence electrons. The zero-order valence-corrected chi connectivity index (χ0v) is 14.2. The van der Waals surface area contributed by atoms with Gasteiger partial charge in [-0.2, -0.15) is 8.42 Å². The summed E-state index contributed by atoms with van der Waals surface area (Å²) in [5, 5.41) is 9.35. The van der Waals surface area contributed by atoms with Crippen molar-refractivity contribution in [2.45, 2.75) is 57.4 Å². The van der Waals surface area contributed by atoms with Crippen LogP contribution in [0.15, 0.2) is 0 Å². The number of hydrogen-bond donors (Lipinski definition) is 3. The summed E-state index contributed by atoms with van der Waals surface area (Å²) in [5.41, 5.74) is 5.82. The Bertz CT molecular complexity index is 559. The summed E-state index contributed by atoms with van der Waals surface area (Å²) in [7, 11) is -3.86. The molecule has 0 spiro atoms. The summed E-state index contributed by atoms with van der Waals surface area (Å²) in [6.45, 7) is 0. The number of carbonyl (C=O) groups is 1. The molecule has 4 saturated carbocycles. The van der Waals surface area contributed by atoms with E-state index in [-0.39, 0.29) is 11.2 Å². The molecular formula is C16H27NO5S. The van der Waals surface area contributed by atoms with Crippen LogP contribution in [0.5, 0.6) is 0 Å². The van der Waals surface area contributed by atoms with E-state index in [1.54, 1.807) is 0 Å². The van der Waals surface area contributed by atoms with Crippen molar-refractivity contribution in [3.63, 3.8) is 0 Å².